The maximum absolute atomic E-state index is 13.4. The van der Waals surface area contributed by atoms with Crippen molar-refractivity contribution in [1.82, 2.24) is 15.0 Å². The van der Waals surface area contributed by atoms with Crippen molar-refractivity contribution in [3.05, 3.63) is 41.2 Å². The molecule has 21 heavy (non-hydrogen) atoms. The predicted octanol–water partition coefficient (Wildman–Crippen LogP) is 2.97. The molecular weight excluding hydrogens is 269 g/mol. The molecule has 3 rings (SSSR count). The number of benzene rings is 1. The van der Waals surface area contributed by atoms with Crippen LogP contribution in [0.4, 0.5) is 16.3 Å². The lowest BCUT2D eigenvalue weighted by molar-refractivity contribution is 0.356. The minimum Gasteiger partial charge on any atom is -0.368 e. The maximum atomic E-state index is 13.4. The Bertz CT molecular complexity index is 644. The summed E-state index contributed by atoms with van der Waals surface area (Å²) in [7, 11) is 0. The van der Waals surface area contributed by atoms with Gasteiger partial charge in [-0.05, 0) is 37.3 Å². The quantitative estimate of drug-likeness (QED) is 0.907. The Balaban J connectivity index is 1.88. The lowest BCUT2D eigenvalue weighted by Crippen LogP contribution is -2.19. The van der Waals surface area contributed by atoms with Gasteiger partial charge in [0.05, 0.1) is 6.04 Å². The van der Waals surface area contributed by atoms with E-state index in [4.69, 9.17) is 5.73 Å². The molecular formula is C15H18FN5. The normalized spacial score (nSPS) is 18.9. The first kappa shape index (κ1) is 13.7. The van der Waals surface area contributed by atoms with Crippen LogP contribution in [0.2, 0.25) is 0 Å². The van der Waals surface area contributed by atoms with Gasteiger partial charge >= 0.3 is 0 Å². The van der Waals surface area contributed by atoms with E-state index < -0.39 is 6.17 Å². The topological polar surface area (TPSA) is 76.7 Å². The summed E-state index contributed by atoms with van der Waals surface area (Å²) in [5, 5.41) is 3.26. The molecule has 1 unspecified atom stereocenters. The Kier molecular flexibility index (Phi) is 3.68. The van der Waals surface area contributed by atoms with Crippen LogP contribution in [0.3, 0.4) is 0 Å². The standard InChI is InChI=1S/C15H18FN5/c1-9(16)13-19-14(17)21-15(20-13)18-12-8-4-6-10-5-2-3-7-11(10)12/h2-3,5,7,9,12H,4,6,8H2,1H3,(H3,17,18,19,20,21)/t9-,12?/m1/s1. The number of aryl methyl sites for hydroxylation is 1. The van der Waals surface area contributed by atoms with E-state index in [1.165, 1.54) is 18.1 Å². The molecule has 0 saturated heterocycles. The molecule has 2 atom stereocenters. The van der Waals surface area contributed by atoms with Gasteiger partial charge in [0, 0.05) is 0 Å². The average molecular weight is 287 g/mol. The Morgan fingerprint density at radius 1 is 1.29 bits per heavy atom. The van der Waals surface area contributed by atoms with Crippen LogP contribution in [0.25, 0.3) is 0 Å². The van der Waals surface area contributed by atoms with Crippen LogP contribution in [0, 0.1) is 0 Å². The van der Waals surface area contributed by atoms with Gasteiger partial charge in [0.15, 0.2) is 12.0 Å². The van der Waals surface area contributed by atoms with Gasteiger partial charge in [-0.1, -0.05) is 24.3 Å². The number of aromatic nitrogens is 3. The third kappa shape index (κ3) is 2.94. The summed E-state index contributed by atoms with van der Waals surface area (Å²) in [5.74, 6) is 0.439. The molecule has 0 spiro atoms. The summed E-state index contributed by atoms with van der Waals surface area (Å²) >= 11 is 0. The van der Waals surface area contributed by atoms with E-state index in [1.807, 2.05) is 12.1 Å². The second-order valence-corrected chi connectivity index (χ2v) is 5.28. The molecule has 1 heterocycles. The average Bonchev–Trinajstić information content (AvgIpc) is 2.47. The summed E-state index contributed by atoms with van der Waals surface area (Å²) in [4.78, 5) is 12.0. The molecule has 1 aliphatic rings. The molecule has 1 aromatic carbocycles. The SMILES string of the molecule is C[C@@H](F)c1nc(N)nc(NC2CCCc3ccccc32)n1. The summed E-state index contributed by atoms with van der Waals surface area (Å²) in [6.45, 7) is 1.38. The second-order valence-electron chi connectivity index (χ2n) is 5.28. The zero-order valence-electron chi connectivity index (χ0n) is 11.9. The first-order valence-electron chi connectivity index (χ1n) is 7.13. The van der Waals surface area contributed by atoms with Gasteiger partial charge in [-0.2, -0.15) is 15.0 Å². The smallest absolute Gasteiger partial charge is 0.228 e. The molecule has 0 saturated carbocycles. The zero-order chi connectivity index (χ0) is 14.8. The van der Waals surface area contributed by atoms with Crippen LogP contribution in [-0.4, -0.2) is 15.0 Å². The van der Waals surface area contributed by atoms with Gasteiger partial charge in [-0.25, -0.2) is 4.39 Å². The zero-order valence-corrected chi connectivity index (χ0v) is 11.9. The monoisotopic (exact) mass is 287 g/mol. The van der Waals surface area contributed by atoms with Gasteiger partial charge in [0.2, 0.25) is 11.9 Å². The maximum Gasteiger partial charge on any atom is 0.228 e. The number of fused-ring (bicyclic) bond motifs is 1. The van der Waals surface area contributed by atoms with Crippen molar-refractivity contribution in [1.29, 1.82) is 0 Å². The van der Waals surface area contributed by atoms with E-state index >= 15 is 0 Å². The molecule has 0 aliphatic heterocycles. The minimum absolute atomic E-state index is 0.0381. The fourth-order valence-electron chi connectivity index (χ4n) is 2.71. The van der Waals surface area contributed by atoms with Crippen molar-refractivity contribution >= 4 is 11.9 Å². The molecule has 0 amide bonds. The molecule has 0 bridgehead atoms. The number of nitrogens with zero attached hydrogens (tertiary/aromatic N) is 3. The summed E-state index contributed by atoms with van der Waals surface area (Å²) in [6.07, 6.45) is 1.90. The summed E-state index contributed by atoms with van der Waals surface area (Å²) < 4.78 is 13.4. The molecule has 1 aliphatic carbocycles. The molecule has 1 aromatic heterocycles. The number of nitrogens with one attached hydrogen (secondary N) is 1. The molecule has 3 N–H and O–H groups in total. The lowest BCUT2D eigenvalue weighted by atomic mass is 9.88. The second kappa shape index (κ2) is 5.63. The van der Waals surface area contributed by atoms with Crippen molar-refractivity contribution < 1.29 is 4.39 Å². The van der Waals surface area contributed by atoms with E-state index in [0.717, 1.165) is 19.3 Å². The first-order chi connectivity index (χ1) is 10.1. The Morgan fingerprint density at radius 3 is 2.90 bits per heavy atom. The van der Waals surface area contributed by atoms with Crippen LogP contribution >= 0.6 is 0 Å². The third-order valence-electron chi connectivity index (χ3n) is 3.70. The van der Waals surface area contributed by atoms with Crippen molar-refractivity contribution in [3.63, 3.8) is 0 Å². The number of rotatable bonds is 3. The molecule has 5 nitrogen and oxygen atoms in total. The fraction of sp³-hybridized carbons (Fsp3) is 0.400. The number of hydrogen-bond donors (Lipinski definition) is 2. The van der Waals surface area contributed by atoms with E-state index in [1.54, 1.807) is 0 Å². The van der Waals surface area contributed by atoms with Crippen LogP contribution in [-0.2, 0) is 6.42 Å². The number of nitrogen functional groups attached to an aromatic ring is 1. The largest absolute Gasteiger partial charge is 0.368 e. The highest BCUT2D eigenvalue weighted by Crippen LogP contribution is 2.31. The number of alkyl halides is 1. The van der Waals surface area contributed by atoms with Crippen molar-refractivity contribution in [2.24, 2.45) is 0 Å². The van der Waals surface area contributed by atoms with Gasteiger partial charge in [-0.3, -0.25) is 0 Å². The minimum atomic E-state index is -1.27. The van der Waals surface area contributed by atoms with Gasteiger partial charge in [0.1, 0.15) is 0 Å². The van der Waals surface area contributed by atoms with Crippen LogP contribution in [0.5, 0.6) is 0 Å². The Morgan fingerprint density at radius 2 is 2.10 bits per heavy atom. The highest BCUT2D eigenvalue weighted by molar-refractivity contribution is 5.40. The summed E-state index contributed by atoms with van der Waals surface area (Å²) in [6, 6.07) is 8.44. The third-order valence-corrected chi connectivity index (χ3v) is 3.70. The van der Waals surface area contributed by atoms with Gasteiger partial charge in [0.25, 0.3) is 0 Å². The summed E-state index contributed by atoms with van der Waals surface area (Å²) in [5.41, 5.74) is 8.21. The first-order valence-corrected chi connectivity index (χ1v) is 7.13. The van der Waals surface area contributed by atoms with Crippen LogP contribution in [0.1, 0.15) is 48.9 Å². The van der Waals surface area contributed by atoms with E-state index in [0.29, 0.717) is 5.95 Å². The van der Waals surface area contributed by atoms with Crippen LogP contribution in [0.15, 0.2) is 24.3 Å². The fourth-order valence-corrected chi connectivity index (χ4v) is 2.71. The number of hydrogen-bond acceptors (Lipinski definition) is 5. The molecule has 6 heteroatoms. The van der Waals surface area contributed by atoms with E-state index in [-0.39, 0.29) is 17.8 Å². The molecule has 110 valence electrons. The number of nitrogens with two attached hydrogens (primary N) is 1. The highest BCUT2D eigenvalue weighted by Gasteiger charge is 2.21. The molecule has 0 fully saturated rings. The number of anilines is 2. The predicted molar refractivity (Wildman–Crippen MR) is 79.5 cm³/mol. The highest BCUT2D eigenvalue weighted by atomic mass is 19.1. The van der Waals surface area contributed by atoms with Crippen LogP contribution < -0.4 is 11.1 Å². The van der Waals surface area contributed by atoms with Crippen molar-refractivity contribution in [3.8, 4) is 0 Å². The van der Waals surface area contributed by atoms with Crippen molar-refractivity contribution in [2.75, 3.05) is 11.1 Å². The lowest BCUT2D eigenvalue weighted by Gasteiger charge is -2.26. The van der Waals surface area contributed by atoms with Gasteiger partial charge in [-0.15, -0.1) is 0 Å². The Labute approximate surface area is 122 Å². The Hall–Kier alpha value is -2.24. The van der Waals surface area contributed by atoms with Gasteiger partial charge < -0.3 is 11.1 Å². The van der Waals surface area contributed by atoms with Crippen molar-refractivity contribution in [2.45, 2.75) is 38.4 Å². The molecule has 2 aromatic rings. The molecule has 0 radical (unpaired) electrons. The van der Waals surface area contributed by atoms with E-state index in [9.17, 15) is 4.39 Å². The van der Waals surface area contributed by atoms with E-state index in [2.05, 4.69) is 32.4 Å². The number of halogens is 1.